The normalized spacial score (nSPS) is 14.3. The van der Waals surface area contributed by atoms with Gasteiger partial charge in [0.25, 0.3) is 0 Å². The number of anilines is 1. The summed E-state index contributed by atoms with van der Waals surface area (Å²) in [5, 5.41) is 3.02. The van der Waals surface area contributed by atoms with E-state index in [2.05, 4.69) is 12.2 Å². The molecule has 24 heavy (non-hydrogen) atoms. The number of aryl methyl sites for hydroxylation is 2. The Morgan fingerprint density at radius 3 is 2.50 bits per heavy atom. The van der Waals surface area contributed by atoms with Crippen molar-refractivity contribution in [3.8, 4) is 0 Å². The van der Waals surface area contributed by atoms with E-state index in [1.807, 2.05) is 25.1 Å². The van der Waals surface area contributed by atoms with Crippen molar-refractivity contribution in [1.29, 1.82) is 0 Å². The van der Waals surface area contributed by atoms with Gasteiger partial charge in [0, 0.05) is 31.5 Å². The van der Waals surface area contributed by atoms with Crippen LogP contribution in [0.3, 0.4) is 0 Å². The molecule has 1 aromatic rings. The SMILES string of the molecule is CCc1cccc(C)c1NC(=O)CCCCCN1C(=O)CCC1=O. The maximum atomic E-state index is 12.1. The summed E-state index contributed by atoms with van der Waals surface area (Å²) in [6.07, 6.45) is 4.38. The molecule has 1 heterocycles. The van der Waals surface area contributed by atoms with Crippen molar-refractivity contribution >= 4 is 23.4 Å². The quantitative estimate of drug-likeness (QED) is 0.588. The number of nitrogens with zero attached hydrogens (tertiary/aromatic N) is 1. The number of hydrogen-bond donors (Lipinski definition) is 1. The molecule has 0 unspecified atom stereocenters. The van der Waals surface area contributed by atoms with Crippen LogP contribution in [0.25, 0.3) is 0 Å². The lowest BCUT2D eigenvalue weighted by atomic mass is 10.1. The molecule has 2 rings (SSSR count). The Hall–Kier alpha value is -2.17. The number of unbranched alkanes of at least 4 members (excludes halogenated alkanes) is 2. The molecule has 0 radical (unpaired) electrons. The predicted molar refractivity (Wildman–Crippen MR) is 93.6 cm³/mol. The molecule has 1 aliphatic rings. The molecular weight excluding hydrogens is 304 g/mol. The molecule has 1 saturated heterocycles. The van der Waals surface area contributed by atoms with E-state index in [1.165, 1.54) is 4.90 Å². The standard InChI is InChI=1S/C19H26N2O3/c1-3-15-9-7-8-14(2)19(15)20-16(22)10-5-4-6-13-21-17(23)11-12-18(21)24/h7-9H,3-6,10-13H2,1-2H3,(H,20,22). The highest BCUT2D eigenvalue weighted by Gasteiger charge is 2.27. The lowest BCUT2D eigenvalue weighted by Gasteiger charge is -2.14. The second-order valence-electron chi connectivity index (χ2n) is 6.26. The fourth-order valence-electron chi connectivity index (χ4n) is 3.01. The van der Waals surface area contributed by atoms with Gasteiger partial charge in [0.05, 0.1) is 0 Å². The van der Waals surface area contributed by atoms with Crippen molar-refractivity contribution in [2.24, 2.45) is 0 Å². The van der Waals surface area contributed by atoms with E-state index >= 15 is 0 Å². The number of amides is 3. The first-order chi connectivity index (χ1) is 11.5. The summed E-state index contributed by atoms with van der Waals surface area (Å²) in [7, 11) is 0. The zero-order chi connectivity index (χ0) is 17.5. The van der Waals surface area contributed by atoms with Crippen LogP contribution in [0.4, 0.5) is 5.69 Å². The Morgan fingerprint density at radius 1 is 1.12 bits per heavy atom. The Bertz CT molecular complexity index is 609. The van der Waals surface area contributed by atoms with Crippen LogP contribution >= 0.6 is 0 Å². The topological polar surface area (TPSA) is 66.5 Å². The molecule has 1 aliphatic heterocycles. The van der Waals surface area contributed by atoms with Crippen molar-refractivity contribution in [2.45, 2.75) is 58.8 Å². The van der Waals surface area contributed by atoms with Crippen LogP contribution in [-0.2, 0) is 20.8 Å². The van der Waals surface area contributed by atoms with Gasteiger partial charge in [0.1, 0.15) is 0 Å². The minimum Gasteiger partial charge on any atom is -0.326 e. The second-order valence-corrected chi connectivity index (χ2v) is 6.26. The van der Waals surface area contributed by atoms with Crippen LogP contribution in [0, 0.1) is 6.92 Å². The molecule has 1 N–H and O–H groups in total. The zero-order valence-electron chi connectivity index (χ0n) is 14.6. The van der Waals surface area contributed by atoms with E-state index in [-0.39, 0.29) is 17.7 Å². The number of nitrogens with one attached hydrogen (secondary N) is 1. The molecule has 0 bridgehead atoms. The molecule has 5 heteroatoms. The summed E-state index contributed by atoms with van der Waals surface area (Å²) >= 11 is 0. The summed E-state index contributed by atoms with van der Waals surface area (Å²) in [6, 6.07) is 6.04. The van der Waals surface area contributed by atoms with Crippen molar-refractivity contribution in [2.75, 3.05) is 11.9 Å². The Labute approximate surface area is 143 Å². The number of imide groups is 1. The van der Waals surface area contributed by atoms with Crippen molar-refractivity contribution in [1.82, 2.24) is 4.90 Å². The predicted octanol–water partition coefficient (Wildman–Crippen LogP) is 3.21. The Morgan fingerprint density at radius 2 is 1.83 bits per heavy atom. The monoisotopic (exact) mass is 330 g/mol. The van der Waals surface area contributed by atoms with Crippen molar-refractivity contribution in [3.63, 3.8) is 0 Å². The van der Waals surface area contributed by atoms with Crippen LogP contribution in [-0.4, -0.2) is 29.2 Å². The highest BCUT2D eigenvalue weighted by molar-refractivity contribution is 6.01. The number of carbonyl (C=O) groups excluding carboxylic acids is 3. The molecule has 0 aromatic heterocycles. The van der Waals surface area contributed by atoms with Crippen LogP contribution in [0.1, 0.15) is 56.6 Å². The molecule has 3 amide bonds. The molecule has 130 valence electrons. The van der Waals surface area contributed by atoms with Crippen LogP contribution in [0.15, 0.2) is 18.2 Å². The highest BCUT2D eigenvalue weighted by atomic mass is 16.2. The van der Waals surface area contributed by atoms with Gasteiger partial charge in [-0.25, -0.2) is 0 Å². The van der Waals surface area contributed by atoms with E-state index in [0.717, 1.165) is 42.5 Å². The third kappa shape index (κ3) is 4.66. The number of benzene rings is 1. The maximum Gasteiger partial charge on any atom is 0.229 e. The van der Waals surface area contributed by atoms with Gasteiger partial charge in [-0.15, -0.1) is 0 Å². The zero-order valence-corrected chi connectivity index (χ0v) is 14.6. The molecule has 1 aromatic carbocycles. The first kappa shape index (κ1) is 18.2. The summed E-state index contributed by atoms with van der Waals surface area (Å²) in [6.45, 7) is 4.56. The van der Waals surface area contributed by atoms with E-state index in [4.69, 9.17) is 0 Å². The Kier molecular flexibility index (Phi) is 6.53. The average Bonchev–Trinajstić information content (AvgIpc) is 2.88. The highest BCUT2D eigenvalue weighted by Crippen LogP contribution is 2.21. The molecule has 1 fully saturated rings. The fourth-order valence-corrected chi connectivity index (χ4v) is 3.01. The number of carbonyl (C=O) groups is 3. The van der Waals surface area contributed by atoms with Gasteiger partial charge in [-0.2, -0.15) is 0 Å². The van der Waals surface area contributed by atoms with Gasteiger partial charge in [0.2, 0.25) is 17.7 Å². The second kappa shape index (κ2) is 8.62. The number of hydrogen-bond acceptors (Lipinski definition) is 3. The summed E-state index contributed by atoms with van der Waals surface area (Å²) in [5.74, 6) is -0.110. The lowest BCUT2D eigenvalue weighted by Crippen LogP contribution is -2.29. The lowest BCUT2D eigenvalue weighted by molar-refractivity contribution is -0.138. The number of likely N-dealkylation sites (tertiary alicyclic amines) is 1. The summed E-state index contributed by atoms with van der Waals surface area (Å²) in [4.78, 5) is 36.5. The van der Waals surface area contributed by atoms with Crippen LogP contribution < -0.4 is 5.32 Å². The van der Waals surface area contributed by atoms with Gasteiger partial charge in [-0.1, -0.05) is 31.5 Å². The van der Waals surface area contributed by atoms with Crippen molar-refractivity contribution < 1.29 is 14.4 Å². The fraction of sp³-hybridized carbons (Fsp3) is 0.526. The maximum absolute atomic E-state index is 12.1. The first-order valence-electron chi connectivity index (χ1n) is 8.74. The smallest absolute Gasteiger partial charge is 0.229 e. The van der Waals surface area contributed by atoms with Gasteiger partial charge >= 0.3 is 0 Å². The number of para-hydroxylation sites is 1. The van der Waals surface area contributed by atoms with Gasteiger partial charge in [-0.3, -0.25) is 19.3 Å². The first-order valence-corrected chi connectivity index (χ1v) is 8.74. The summed E-state index contributed by atoms with van der Waals surface area (Å²) in [5.41, 5.74) is 3.15. The summed E-state index contributed by atoms with van der Waals surface area (Å²) < 4.78 is 0. The van der Waals surface area contributed by atoms with Gasteiger partial charge < -0.3 is 5.32 Å². The third-order valence-corrected chi connectivity index (χ3v) is 4.44. The molecule has 0 aliphatic carbocycles. The van der Waals surface area contributed by atoms with E-state index in [9.17, 15) is 14.4 Å². The molecule has 5 nitrogen and oxygen atoms in total. The molecular formula is C19H26N2O3. The minimum absolute atomic E-state index is 0.0207. The molecule has 0 spiro atoms. The number of rotatable bonds is 8. The van der Waals surface area contributed by atoms with Crippen LogP contribution in [0.2, 0.25) is 0 Å². The van der Waals surface area contributed by atoms with E-state index in [0.29, 0.717) is 25.8 Å². The van der Waals surface area contributed by atoms with Gasteiger partial charge in [-0.05, 0) is 37.3 Å². The van der Waals surface area contributed by atoms with Gasteiger partial charge in [0.15, 0.2) is 0 Å². The minimum atomic E-state index is -0.0654. The van der Waals surface area contributed by atoms with E-state index in [1.54, 1.807) is 0 Å². The van der Waals surface area contributed by atoms with Crippen molar-refractivity contribution in [3.05, 3.63) is 29.3 Å². The Balaban J connectivity index is 1.71. The van der Waals surface area contributed by atoms with Crippen LogP contribution in [0.5, 0.6) is 0 Å². The molecule has 0 atom stereocenters. The molecule has 0 saturated carbocycles. The largest absolute Gasteiger partial charge is 0.326 e. The van der Waals surface area contributed by atoms with E-state index < -0.39 is 0 Å². The third-order valence-electron chi connectivity index (χ3n) is 4.44. The average molecular weight is 330 g/mol.